The SMILES string of the molecule is Cc1ccc(NC(=O)CNc2ccc(OCCO)cc2C(F)(F)F)c(Cl)c1. The van der Waals surface area contributed by atoms with Gasteiger partial charge in [0.25, 0.3) is 0 Å². The van der Waals surface area contributed by atoms with Gasteiger partial charge in [0.15, 0.2) is 0 Å². The molecule has 0 aromatic heterocycles. The first kappa shape index (κ1) is 20.9. The second-order valence-corrected chi connectivity index (χ2v) is 6.07. The third-order valence-electron chi connectivity index (χ3n) is 3.49. The van der Waals surface area contributed by atoms with Crippen molar-refractivity contribution in [2.45, 2.75) is 13.1 Å². The second-order valence-electron chi connectivity index (χ2n) is 5.66. The number of carbonyl (C=O) groups is 1. The van der Waals surface area contributed by atoms with E-state index in [0.29, 0.717) is 10.7 Å². The highest BCUT2D eigenvalue weighted by molar-refractivity contribution is 6.33. The Kier molecular flexibility index (Phi) is 6.92. The Labute approximate surface area is 159 Å². The number of aliphatic hydroxyl groups is 1. The molecule has 0 atom stereocenters. The van der Waals surface area contributed by atoms with Gasteiger partial charge in [-0.25, -0.2) is 0 Å². The van der Waals surface area contributed by atoms with Crippen LogP contribution < -0.4 is 15.4 Å². The summed E-state index contributed by atoms with van der Waals surface area (Å²) < 4.78 is 44.8. The van der Waals surface area contributed by atoms with Gasteiger partial charge in [-0.2, -0.15) is 13.2 Å². The van der Waals surface area contributed by atoms with Crippen molar-refractivity contribution < 1.29 is 27.8 Å². The Hall–Kier alpha value is -2.45. The zero-order valence-corrected chi connectivity index (χ0v) is 15.1. The molecular formula is C18H18ClF3N2O3. The van der Waals surface area contributed by atoms with Crippen LogP contribution in [0, 0.1) is 6.92 Å². The fourth-order valence-electron chi connectivity index (χ4n) is 2.26. The van der Waals surface area contributed by atoms with Gasteiger partial charge < -0.3 is 20.5 Å². The fraction of sp³-hybridized carbons (Fsp3) is 0.278. The molecule has 0 aliphatic rings. The van der Waals surface area contributed by atoms with E-state index in [2.05, 4.69) is 10.6 Å². The van der Waals surface area contributed by atoms with E-state index in [0.717, 1.165) is 11.6 Å². The lowest BCUT2D eigenvalue weighted by Crippen LogP contribution is -2.23. The molecular weight excluding hydrogens is 385 g/mol. The minimum absolute atomic E-state index is 0.0298. The van der Waals surface area contributed by atoms with Crippen molar-refractivity contribution in [1.29, 1.82) is 0 Å². The van der Waals surface area contributed by atoms with Crippen LogP contribution in [-0.2, 0) is 11.0 Å². The van der Waals surface area contributed by atoms with Crippen molar-refractivity contribution in [2.24, 2.45) is 0 Å². The number of hydrogen-bond donors (Lipinski definition) is 3. The maximum Gasteiger partial charge on any atom is 0.418 e. The van der Waals surface area contributed by atoms with Gasteiger partial charge in [-0.1, -0.05) is 17.7 Å². The third-order valence-corrected chi connectivity index (χ3v) is 3.81. The minimum Gasteiger partial charge on any atom is -0.491 e. The number of anilines is 2. The number of halogens is 4. The molecule has 0 aliphatic heterocycles. The molecule has 2 aromatic carbocycles. The molecule has 0 saturated heterocycles. The van der Waals surface area contributed by atoms with Gasteiger partial charge in [-0.05, 0) is 42.8 Å². The van der Waals surface area contributed by atoms with E-state index in [9.17, 15) is 18.0 Å². The summed E-state index contributed by atoms with van der Waals surface area (Å²) in [6, 6.07) is 8.33. The lowest BCUT2D eigenvalue weighted by molar-refractivity contribution is -0.137. The van der Waals surface area contributed by atoms with Crippen molar-refractivity contribution in [3.8, 4) is 5.75 Å². The largest absolute Gasteiger partial charge is 0.491 e. The molecule has 2 rings (SSSR count). The molecule has 0 saturated carbocycles. The first-order valence-electron chi connectivity index (χ1n) is 7.95. The van der Waals surface area contributed by atoms with Crippen LogP contribution in [0.5, 0.6) is 5.75 Å². The van der Waals surface area contributed by atoms with Crippen LogP contribution >= 0.6 is 11.6 Å². The number of rotatable bonds is 7. The van der Waals surface area contributed by atoms with E-state index in [1.807, 2.05) is 6.92 Å². The predicted octanol–water partition coefficient (Wildman–Crippen LogP) is 4.09. The van der Waals surface area contributed by atoms with Crippen molar-refractivity contribution in [1.82, 2.24) is 0 Å². The molecule has 0 unspecified atom stereocenters. The Morgan fingerprint density at radius 2 is 1.89 bits per heavy atom. The molecule has 5 nitrogen and oxygen atoms in total. The summed E-state index contributed by atoms with van der Waals surface area (Å²) in [6.45, 7) is 1.02. The van der Waals surface area contributed by atoms with Crippen LogP contribution in [0.4, 0.5) is 24.5 Å². The summed E-state index contributed by atoms with van der Waals surface area (Å²) in [4.78, 5) is 12.0. The number of alkyl halides is 3. The quantitative estimate of drug-likeness (QED) is 0.652. The van der Waals surface area contributed by atoms with Crippen LogP contribution in [0.2, 0.25) is 5.02 Å². The molecule has 146 valence electrons. The highest BCUT2D eigenvalue weighted by atomic mass is 35.5. The summed E-state index contributed by atoms with van der Waals surface area (Å²) in [7, 11) is 0. The normalized spacial score (nSPS) is 11.2. The average Bonchev–Trinajstić information content (AvgIpc) is 2.60. The summed E-state index contributed by atoms with van der Waals surface area (Å²) in [5.74, 6) is -0.577. The molecule has 0 aliphatic carbocycles. The Morgan fingerprint density at radius 3 is 2.52 bits per heavy atom. The molecule has 0 fully saturated rings. The van der Waals surface area contributed by atoms with Crippen molar-refractivity contribution in [2.75, 3.05) is 30.4 Å². The average molecular weight is 403 g/mol. The van der Waals surface area contributed by atoms with Crippen LogP contribution in [-0.4, -0.2) is 30.8 Å². The van der Waals surface area contributed by atoms with E-state index >= 15 is 0 Å². The topological polar surface area (TPSA) is 70.6 Å². The number of ether oxygens (including phenoxy) is 1. The third kappa shape index (κ3) is 6.04. The number of hydrogen-bond acceptors (Lipinski definition) is 4. The number of benzene rings is 2. The van der Waals surface area contributed by atoms with Gasteiger partial charge in [0, 0.05) is 5.69 Å². The smallest absolute Gasteiger partial charge is 0.418 e. The summed E-state index contributed by atoms with van der Waals surface area (Å²) in [6.07, 6.45) is -4.64. The molecule has 0 bridgehead atoms. The lowest BCUT2D eigenvalue weighted by Gasteiger charge is -2.16. The first-order valence-corrected chi connectivity index (χ1v) is 8.33. The molecule has 0 heterocycles. The second kappa shape index (κ2) is 8.96. The van der Waals surface area contributed by atoms with Gasteiger partial charge in [0.2, 0.25) is 5.91 Å². The Balaban J connectivity index is 2.08. The van der Waals surface area contributed by atoms with Crippen LogP contribution in [0.3, 0.4) is 0 Å². The number of aliphatic hydroxyl groups excluding tert-OH is 1. The van der Waals surface area contributed by atoms with Crippen molar-refractivity contribution in [3.05, 3.63) is 52.5 Å². The fourth-order valence-corrected chi connectivity index (χ4v) is 2.54. The molecule has 0 spiro atoms. The van der Waals surface area contributed by atoms with Gasteiger partial charge in [-0.15, -0.1) is 0 Å². The van der Waals surface area contributed by atoms with E-state index in [1.165, 1.54) is 12.1 Å². The molecule has 2 aromatic rings. The zero-order chi connectivity index (χ0) is 20.0. The highest BCUT2D eigenvalue weighted by Crippen LogP contribution is 2.37. The lowest BCUT2D eigenvalue weighted by atomic mass is 10.1. The standard InChI is InChI=1S/C18H18ClF3N2O3/c1-11-2-4-16(14(19)8-11)24-17(26)10-23-15-5-3-12(27-7-6-25)9-13(15)18(20,21)22/h2-5,8-9,23,25H,6-7,10H2,1H3,(H,24,26). The Morgan fingerprint density at radius 1 is 1.19 bits per heavy atom. The number of amides is 1. The van der Waals surface area contributed by atoms with Crippen LogP contribution in [0.15, 0.2) is 36.4 Å². The maximum absolute atomic E-state index is 13.2. The zero-order valence-electron chi connectivity index (χ0n) is 14.4. The molecule has 0 radical (unpaired) electrons. The maximum atomic E-state index is 13.2. The van der Waals surface area contributed by atoms with Gasteiger partial charge in [0.1, 0.15) is 12.4 Å². The number of carbonyl (C=O) groups excluding carboxylic acids is 1. The van der Waals surface area contributed by atoms with E-state index in [-0.39, 0.29) is 31.2 Å². The van der Waals surface area contributed by atoms with Gasteiger partial charge in [-0.3, -0.25) is 4.79 Å². The highest BCUT2D eigenvalue weighted by Gasteiger charge is 2.34. The minimum atomic E-state index is -4.64. The van der Waals surface area contributed by atoms with E-state index in [1.54, 1.807) is 18.2 Å². The van der Waals surface area contributed by atoms with E-state index < -0.39 is 17.6 Å². The first-order chi connectivity index (χ1) is 12.7. The monoisotopic (exact) mass is 402 g/mol. The van der Waals surface area contributed by atoms with Gasteiger partial charge in [0.05, 0.1) is 29.4 Å². The summed E-state index contributed by atoms with van der Waals surface area (Å²) >= 11 is 6.02. The van der Waals surface area contributed by atoms with Crippen molar-refractivity contribution >= 4 is 28.9 Å². The summed E-state index contributed by atoms with van der Waals surface area (Å²) in [5, 5.41) is 14.0. The molecule has 9 heteroatoms. The number of aryl methyl sites for hydroxylation is 1. The summed E-state index contributed by atoms with van der Waals surface area (Å²) in [5.41, 5.74) is 0.0513. The molecule has 27 heavy (non-hydrogen) atoms. The van der Waals surface area contributed by atoms with Crippen molar-refractivity contribution in [3.63, 3.8) is 0 Å². The van der Waals surface area contributed by atoms with Gasteiger partial charge >= 0.3 is 6.18 Å². The van der Waals surface area contributed by atoms with Crippen LogP contribution in [0.25, 0.3) is 0 Å². The van der Waals surface area contributed by atoms with E-state index in [4.69, 9.17) is 21.4 Å². The van der Waals surface area contributed by atoms with Crippen LogP contribution in [0.1, 0.15) is 11.1 Å². The molecule has 1 amide bonds. The number of nitrogens with one attached hydrogen (secondary N) is 2. The predicted molar refractivity (Wildman–Crippen MR) is 97.3 cm³/mol. The molecule has 3 N–H and O–H groups in total. The Bertz CT molecular complexity index is 813.